The largest absolute Gasteiger partial charge is 0.462 e. The van der Waals surface area contributed by atoms with Gasteiger partial charge in [-0.2, -0.15) is 0 Å². The Labute approximate surface area is 121 Å². The maximum absolute atomic E-state index is 13.7. The van der Waals surface area contributed by atoms with Crippen LogP contribution in [-0.4, -0.2) is 17.6 Å². The molecule has 1 aromatic heterocycles. The molecular weight excluding hydrogens is 273 g/mol. The highest BCUT2D eigenvalue weighted by Gasteiger charge is 2.15. The number of nitrogens with one attached hydrogen (secondary N) is 1. The summed E-state index contributed by atoms with van der Waals surface area (Å²) >= 11 is 0. The third-order valence-corrected chi connectivity index (χ3v) is 3.15. The minimum absolute atomic E-state index is 0.120. The number of benzene rings is 1. The lowest BCUT2D eigenvalue weighted by molar-refractivity contribution is 0.0524. The summed E-state index contributed by atoms with van der Waals surface area (Å²) in [5.41, 5.74) is 1.14. The Balaban J connectivity index is 2.40. The van der Waals surface area contributed by atoms with Crippen LogP contribution >= 0.6 is 0 Å². The molecule has 0 aliphatic carbocycles. The van der Waals surface area contributed by atoms with E-state index < -0.39 is 5.97 Å². The lowest BCUT2D eigenvalue weighted by Crippen LogP contribution is -2.19. The molecule has 0 spiro atoms. The van der Waals surface area contributed by atoms with Crippen LogP contribution in [0.3, 0.4) is 0 Å². The van der Waals surface area contributed by atoms with E-state index in [0.29, 0.717) is 22.4 Å². The van der Waals surface area contributed by atoms with E-state index in [-0.39, 0.29) is 24.4 Å². The van der Waals surface area contributed by atoms with Crippen LogP contribution in [0.2, 0.25) is 0 Å². The number of hydrogen-bond donors (Lipinski definition) is 1. The molecule has 0 fully saturated rings. The van der Waals surface area contributed by atoms with Crippen molar-refractivity contribution in [2.45, 2.75) is 20.3 Å². The standard InChI is InChI=1S/C16H16FNO3/c1-3-21-16(20)13-9-12(15(19)18-10(13)2)8-11-6-4-5-7-14(11)17/h4-7,9H,3,8H2,1-2H3,(H,18,19). The van der Waals surface area contributed by atoms with Gasteiger partial charge in [0.2, 0.25) is 0 Å². The van der Waals surface area contributed by atoms with Crippen molar-refractivity contribution in [2.75, 3.05) is 6.61 Å². The number of ether oxygens (including phenoxy) is 1. The summed E-state index contributed by atoms with van der Waals surface area (Å²) in [6.07, 6.45) is 0.120. The summed E-state index contributed by atoms with van der Waals surface area (Å²) < 4.78 is 18.6. The van der Waals surface area contributed by atoms with Gasteiger partial charge in [-0.1, -0.05) is 18.2 Å². The zero-order valence-corrected chi connectivity index (χ0v) is 11.9. The van der Waals surface area contributed by atoms with Crippen LogP contribution in [0.4, 0.5) is 4.39 Å². The number of hydrogen-bond acceptors (Lipinski definition) is 3. The zero-order valence-electron chi connectivity index (χ0n) is 11.9. The Hall–Kier alpha value is -2.43. The van der Waals surface area contributed by atoms with Crippen molar-refractivity contribution in [1.82, 2.24) is 4.98 Å². The molecule has 5 heteroatoms. The number of aromatic nitrogens is 1. The SMILES string of the molecule is CCOC(=O)c1cc(Cc2ccccc2F)c(=O)[nH]c1C. The van der Waals surface area contributed by atoms with E-state index in [1.165, 1.54) is 12.1 Å². The molecule has 4 nitrogen and oxygen atoms in total. The number of carbonyl (C=O) groups is 1. The molecule has 0 radical (unpaired) electrons. The number of aromatic amines is 1. The average Bonchev–Trinajstić information content (AvgIpc) is 2.44. The highest BCUT2D eigenvalue weighted by atomic mass is 19.1. The first kappa shape index (κ1) is 15.0. The maximum Gasteiger partial charge on any atom is 0.339 e. The second-order valence-electron chi connectivity index (χ2n) is 4.65. The molecule has 0 atom stereocenters. The predicted octanol–water partition coefficient (Wildman–Crippen LogP) is 2.59. The molecule has 0 saturated carbocycles. The molecule has 2 rings (SSSR count). The van der Waals surface area contributed by atoms with Gasteiger partial charge >= 0.3 is 5.97 Å². The Bertz CT molecular complexity index is 722. The first-order chi connectivity index (χ1) is 10.0. The van der Waals surface area contributed by atoms with Crippen molar-refractivity contribution in [1.29, 1.82) is 0 Å². The van der Waals surface area contributed by atoms with Crippen LogP contribution in [0.25, 0.3) is 0 Å². The number of halogens is 1. The van der Waals surface area contributed by atoms with Gasteiger partial charge in [-0.05, 0) is 31.5 Å². The molecule has 21 heavy (non-hydrogen) atoms. The Morgan fingerprint density at radius 1 is 1.29 bits per heavy atom. The molecule has 1 N–H and O–H groups in total. The van der Waals surface area contributed by atoms with E-state index in [0.717, 1.165) is 0 Å². The van der Waals surface area contributed by atoms with Crippen molar-refractivity contribution in [3.05, 3.63) is 68.9 Å². The predicted molar refractivity (Wildman–Crippen MR) is 77.0 cm³/mol. The first-order valence-corrected chi connectivity index (χ1v) is 6.66. The summed E-state index contributed by atoms with van der Waals surface area (Å²) in [7, 11) is 0. The zero-order chi connectivity index (χ0) is 15.4. The normalized spacial score (nSPS) is 10.4. The molecule has 0 bridgehead atoms. The van der Waals surface area contributed by atoms with Crippen LogP contribution in [-0.2, 0) is 11.2 Å². The Kier molecular flexibility index (Phi) is 4.52. The average molecular weight is 289 g/mol. The highest BCUT2D eigenvalue weighted by Crippen LogP contribution is 2.13. The number of esters is 1. The van der Waals surface area contributed by atoms with Crippen molar-refractivity contribution in [2.24, 2.45) is 0 Å². The van der Waals surface area contributed by atoms with Crippen molar-refractivity contribution >= 4 is 5.97 Å². The number of pyridine rings is 1. The van der Waals surface area contributed by atoms with Gasteiger partial charge in [-0.25, -0.2) is 9.18 Å². The highest BCUT2D eigenvalue weighted by molar-refractivity contribution is 5.90. The molecule has 0 unspecified atom stereocenters. The van der Waals surface area contributed by atoms with Crippen molar-refractivity contribution < 1.29 is 13.9 Å². The Morgan fingerprint density at radius 3 is 2.67 bits per heavy atom. The lowest BCUT2D eigenvalue weighted by atomic mass is 10.0. The molecule has 1 heterocycles. The molecule has 0 aliphatic rings. The lowest BCUT2D eigenvalue weighted by Gasteiger charge is -2.08. The van der Waals surface area contributed by atoms with Crippen LogP contribution in [0, 0.1) is 12.7 Å². The molecule has 110 valence electrons. The Morgan fingerprint density at radius 2 is 2.00 bits per heavy atom. The van der Waals surface area contributed by atoms with Crippen molar-refractivity contribution in [3.8, 4) is 0 Å². The van der Waals surface area contributed by atoms with E-state index in [2.05, 4.69) is 4.98 Å². The van der Waals surface area contributed by atoms with Gasteiger partial charge in [0.15, 0.2) is 0 Å². The summed E-state index contributed by atoms with van der Waals surface area (Å²) in [5, 5.41) is 0. The molecule has 0 saturated heterocycles. The van der Waals surface area contributed by atoms with Gasteiger partial charge in [0.1, 0.15) is 5.82 Å². The van der Waals surface area contributed by atoms with E-state index in [1.54, 1.807) is 32.0 Å². The second kappa shape index (κ2) is 6.35. The first-order valence-electron chi connectivity index (χ1n) is 6.66. The van der Waals surface area contributed by atoms with E-state index in [1.807, 2.05) is 0 Å². The van der Waals surface area contributed by atoms with Gasteiger partial charge < -0.3 is 9.72 Å². The van der Waals surface area contributed by atoms with Gasteiger partial charge in [-0.3, -0.25) is 4.79 Å². The number of carbonyl (C=O) groups excluding carboxylic acids is 1. The fourth-order valence-corrected chi connectivity index (χ4v) is 2.07. The summed E-state index contributed by atoms with van der Waals surface area (Å²) in [5.74, 6) is -0.879. The van der Waals surface area contributed by atoms with Crippen LogP contribution in [0.15, 0.2) is 35.1 Å². The topological polar surface area (TPSA) is 59.2 Å². The fourth-order valence-electron chi connectivity index (χ4n) is 2.07. The minimum atomic E-state index is -0.499. The summed E-state index contributed by atoms with van der Waals surface area (Å²) in [6.45, 7) is 3.58. The van der Waals surface area contributed by atoms with E-state index in [9.17, 15) is 14.0 Å². The van der Waals surface area contributed by atoms with Crippen LogP contribution in [0.5, 0.6) is 0 Å². The number of H-pyrrole nitrogens is 1. The molecule has 0 amide bonds. The van der Waals surface area contributed by atoms with Gasteiger partial charge in [0.25, 0.3) is 5.56 Å². The fraction of sp³-hybridized carbons (Fsp3) is 0.250. The number of aryl methyl sites for hydroxylation is 1. The van der Waals surface area contributed by atoms with Crippen LogP contribution < -0.4 is 5.56 Å². The third kappa shape index (κ3) is 3.37. The third-order valence-electron chi connectivity index (χ3n) is 3.15. The van der Waals surface area contributed by atoms with E-state index in [4.69, 9.17) is 4.74 Å². The van der Waals surface area contributed by atoms with E-state index >= 15 is 0 Å². The minimum Gasteiger partial charge on any atom is -0.462 e. The summed E-state index contributed by atoms with van der Waals surface area (Å²) in [4.78, 5) is 26.4. The van der Waals surface area contributed by atoms with Crippen LogP contribution in [0.1, 0.15) is 34.1 Å². The number of rotatable bonds is 4. The van der Waals surface area contributed by atoms with Gasteiger partial charge in [0.05, 0.1) is 12.2 Å². The molecule has 1 aromatic carbocycles. The van der Waals surface area contributed by atoms with Gasteiger partial charge in [-0.15, -0.1) is 0 Å². The second-order valence-corrected chi connectivity index (χ2v) is 4.65. The molecule has 0 aliphatic heterocycles. The maximum atomic E-state index is 13.7. The summed E-state index contributed by atoms with van der Waals surface area (Å²) in [6, 6.07) is 7.70. The van der Waals surface area contributed by atoms with Crippen molar-refractivity contribution in [3.63, 3.8) is 0 Å². The quantitative estimate of drug-likeness (QED) is 0.880. The molecule has 2 aromatic rings. The monoisotopic (exact) mass is 289 g/mol. The molecular formula is C16H16FNO3. The smallest absolute Gasteiger partial charge is 0.339 e. The van der Waals surface area contributed by atoms with Gasteiger partial charge in [0, 0.05) is 17.7 Å².